The lowest BCUT2D eigenvalue weighted by Crippen LogP contribution is -2.39. The van der Waals surface area contributed by atoms with E-state index in [0.29, 0.717) is 6.61 Å². The molecular formula is C14H24ClN3O. The van der Waals surface area contributed by atoms with Crippen LogP contribution in [0.15, 0.2) is 0 Å². The predicted molar refractivity (Wildman–Crippen MR) is 77.3 cm³/mol. The van der Waals surface area contributed by atoms with E-state index in [2.05, 4.69) is 18.9 Å². The number of nitrogens with zero attached hydrogens (tertiary/aromatic N) is 2. The summed E-state index contributed by atoms with van der Waals surface area (Å²) in [5.41, 5.74) is 8.04. The van der Waals surface area contributed by atoms with Crippen molar-refractivity contribution in [1.29, 1.82) is 0 Å². The zero-order valence-electron chi connectivity index (χ0n) is 11.9. The summed E-state index contributed by atoms with van der Waals surface area (Å²) >= 11 is 6.37. The highest BCUT2D eigenvalue weighted by molar-refractivity contribution is 6.31. The first kappa shape index (κ1) is 14.8. The van der Waals surface area contributed by atoms with Crippen molar-refractivity contribution >= 4 is 11.6 Å². The van der Waals surface area contributed by atoms with Crippen LogP contribution in [-0.2, 0) is 24.3 Å². The molecule has 0 amide bonds. The molecule has 0 spiro atoms. The van der Waals surface area contributed by atoms with Crippen LogP contribution < -0.4 is 5.73 Å². The molecular weight excluding hydrogens is 262 g/mol. The van der Waals surface area contributed by atoms with Crippen molar-refractivity contribution in [1.82, 2.24) is 9.78 Å². The fraction of sp³-hybridized carbons (Fsp3) is 0.786. The highest BCUT2D eigenvalue weighted by Crippen LogP contribution is 2.25. The lowest BCUT2D eigenvalue weighted by molar-refractivity contribution is 0.00109. The summed E-state index contributed by atoms with van der Waals surface area (Å²) in [6.45, 7) is 5.46. The van der Waals surface area contributed by atoms with E-state index in [4.69, 9.17) is 22.1 Å². The minimum Gasteiger partial charge on any atom is -0.370 e. The van der Waals surface area contributed by atoms with E-state index in [1.807, 2.05) is 4.68 Å². The molecule has 2 atom stereocenters. The van der Waals surface area contributed by atoms with Crippen LogP contribution in [0.4, 0.5) is 0 Å². The molecule has 4 nitrogen and oxygen atoms in total. The van der Waals surface area contributed by atoms with Gasteiger partial charge in [0.25, 0.3) is 0 Å². The Balaban J connectivity index is 2.04. The smallest absolute Gasteiger partial charge is 0.0904 e. The SMILES string of the molecule is CCc1nn(CC)c(COC2CCCCC2N)c1Cl. The second kappa shape index (κ2) is 6.73. The second-order valence-electron chi connectivity index (χ2n) is 5.17. The summed E-state index contributed by atoms with van der Waals surface area (Å²) in [5, 5.41) is 5.26. The number of nitrogens with two attached hydrogens (primary N) is 1. The van der Waals surface area contributed by atoms with Gasteiger partial charge in [0.05, 0.1) is 29.1 Å². The first-order chi connectivity index (χ1) is 9.17. The molecule has 1 aromatic rings. The summed E-state index contributed by atoms with van der Waals surface area (Å²) in [4.78, 5) is 0. The quantitative estimate of drug-likeness (QED) is 0.905. The van der Waals surface area contributed by atoms with Crippen LogP contribution in [0.1, 0.15) is 50.9 Å². The summed E-state index contributed by atoms with van der Waals surface area (Å²) in [7, 11) is 0. The number of hydrogen-bond donors (Lipinski definition) is 1. The number of halogens is 1. The van der Waals surface area contributed by atoms with Crippen molar-refractivity contribution in [3.8, 4) is 0 Å². The maximum Gasteiger partial charge on any atom is 0.0904 e. The maximum atomic E-state index is 6.37. The van der Waals surface area contributed by atoms with Crippen LogP contribution in [0.25, 0.3) is 0 Å². The Labute approximate surface area is 120 Å². The maximum absolute atomic E-state index is 6.37. The molecule has 1 heterocycles. The van der Waals surface area contributed by atoms with Crippen LogP contribution >= 0.6 is 11.6 Å². The average molecular weight is 286 g/mol. The number of hydrogen-bond acceptors (Lipinski definition) is 3. The van der Waals surface area contributed by atoms with Crippen molar-refractivity contribution in [3.63, 3.8) is 0 Å². The predicted octanol–water partition coefficient (Wildman–Crippen LogP) is 2.91. The van der Waals surface area contributed by atoms with E-state index in [1.165, 1.54) is 12.8 Å². The molecule has 1 fully saturated rings. The number of aromatic nitrogens is 2. The van der Waals surface area contributed by atoms with Gasteiger partial charge in [-0.3, -0.25) is 4.68 Å². The molecule has 0 aromatic carbocycles. The average Bonchev–Trinajstić information content (AvgIpc) is 2.74. The van der Waals surface area contributed by atoms with Gasteiger partial charge in [-0.2, -0.15) is 5.10 Å². The molecule has 2 rings (SSSR count). The van der Waals surface area contributed by atoms with Crippen LogP contribution in [0.5, 0.6) is 0 Å². The van der Waals surface area contributed by atoms with Gasteiger partial charge in [0.2, 0.25) is 0 Å². The van der Waals surface area contributed by atoms with Gasteiger partial charge in [-0.25, -0.2) is 0 Å². The molecule has 5 heteroatoms. The third-order valence-electron chi connectivity index (χ3n) is 3.88. The van der Waals surface area contributed by atoms with Gasteiger partial charge in [-0.1, -0.05) is 31.4 Å². The molecule has 1 aliphatic carbocycles. The largest absolute Gasteiger partial charge is 0.370 e. The van der Waals surface area contributed by atoms with Gasteiger partial charge in [-0.15, -0.1) is 0 Å². The zero-order chi connectivity index (χ0) is 13.8. The van der Waals surface area contributed by atoms with Crippen molar-refractivity contribution in [2.24, 2.45) is 5.73 Å². The van der Waals surface area contributed by atoms with E-state index < -0.39 is 0 Å². The Bertz CT molecular complexity index is 419. The van der Waals surface area contributed by atoms with E-state index >= 15 is 0 Å². The summed E-state index contributed by atoms with van der Waals surface area (Å²) in [5.74, 6) is 0. The zero-order valence-corrected chi connectivity index (χ0v) is 12.6. The fourth-order valence-corrected chi connectivity index (χ4v) is 3.00. The van der Waals surface area contributed by atoms with E-state index in [1.54, 1.807) is 0 Å². The molecule has 0 radical (unpaired) electrons. The summed E-state index contributed by atoms with van der Waals surface area (Å²) < 4.78 is 7.93. The van der Waals surface area contributed by atoms with Gasteiger partial charge in [0.15, 0.2) is 0 Å². The number of ether oxygens (including phenoxy) is 1. The van der Waals surface area contributed by atoms with Crippen LogP contribution in [-0.4, -0.2) is 21.9 Å². The molecule has 2 N–H and O–H groups in total. The van der Waals surface area contributed by atoms with Gasteiger partial charge in [0.1, 0.15) is 0 Å². The van der Waals surface area contributed by atoms with Crippen molar-refractivity contribution in [2.75, 3.05) is 0 Å². The Morgan fingerprint density at radius 3 is 2.74 bits per heavy atom. The fourth-order valence-electron chi connectivity index (χ4n) is 2.67. The minimum atomic E-state index is 0.162. The van der Waals surface area contributed by atoms with Gasteiger partial charge >= 0.3 is 0 Å². The Morgan fingerprint density at radius 1 is 1.37 bits per heavy atom. The number of aryl methyl sites for hydroxylation is 2. The first-order valence-corrected chi connectivity index (χ1v) is 7.66. The molecule has 0 aliphatic heterocycles. The van der Waals surface area contributed by atoms with Gasteiger partial charge < -0.3 is 10.5 Å². The normalized spacial score (nSPS) is 23.8. The molecule has 2 unspecified atom stereocenters. The van der Waals surface area contributed by atoms with Crippen LogP contribution in [0, 0.1) is 0 Å². The molecule has 108 valence electrons. The number of rotatable bonds is 5. The van der Waals surface area contributed by atoms with E-state index in [9.17, 15) is 0 Å². The van der Waals surface area contributed by atoms with E-state index in [-0.39, 0.29) is 12.1 Å². The second-order valence-corrected chi connectivity index (χ2v) is 5.55. The minimum absolute atomic E-state index is 0.162. The van der Waals surface area contributed by atoms with Crippen LogP contribution in [0.2, 0.25) is 5.02 Å². The standard InChI is InChI=1S/C14H24ClN3O/c1-3-11-14(15)12(18(4-2)17-11)9-19-13-8-6-5-7-10(13)16/h10,13H,3-9,16H2,1-2H3. The molecule has 1 aliphatic rings. The van der Waals surface area contributed by atoms with Crippen molar-refractivity contribution in [2.45, 2.75) is 71.2 Å². The molecule has 1 aromatic heterocycles. The third kappa shape index (κ3) is 3.30. The molecule has 0 saturated heterocycles. The highest BCUT2D eigenvalue weighted by Gasteiger charge is 2.23. The molecule has 0 bridgehead atoms. The Hall–Kier alpha value is -0.580. The molecule has 1 saturated carbocycles. The van der Waals surface area contributed by atoms with E-state index in [0.717, 1.165) is 42.2 Å². The van der Waals surface area contributed by atoms with Gasteiger partial charge in [0, 0.05) is 12.6 Å². The Kier molecular flexibility index (Phi) is 5.25. The van der Waals surface area contributed by atoms with Gasteiger partial charge in [-0.05, 0) is 26.2 Å². The Morgan fingerprint density at radius 2 is 2.11 bits per heavy atom. The first-order valence-electron chi connectivity index (χ1n) is 7.28. The van der Waals surface area contributed by atoms with Crippen molar-refractivity contribution < 1.29 is 4.74 Å². The highest BCUT2D eigenvalue weighted by atomic mass is 35.5. The molecule has 19 heavy (non-hydrogen) atoms. The monoisotopic (exact) mass is 285 g/mol. The van der Waals surface area contributed by atoms with Crippen molar-refractivity contribution in [3.05, 3.63) is 16.4 Å². The summed E-state index contributed by atoms with van der Waals surface area (Å²) in [6, 6.07) is 0.163. The third-order valence-corrected chi connectivity index (χ3v) is 4.32. The van der Waals surface area contributed by atoms with Crippen LogP contribution in [0.3, 0.4) is 0 Å². The topological polar surface area (TPSA) is 53.1 Å². The lowest BCUT2D eigenvalue weighted by atomic mass is 9.93. The lowest BCUT2D eigenvalue weighted by Gasteiger charge is -2.28. The summed E-state index contributed by atoms with van der Waals surface area (Å²) in [6.07, 6.45) is 5.55.